The van der Waals surface area contributed by atoms with Crippen LogP contribution in [0.3, 0.4) is 0 Å². The molecule has 0 aliphatic carbocycles. The number of nitrogens with two attached hydrogens (primary N) is 2. The van der Waals surface area contributed by atoms with Crippen molar-refractivity contribution >= 4 is 23.6 Å². The lowest BCUT2D eigenvalue weighted by atomic mass is 9.93. The largest absolute Gasteiger partial charge is 0.508 e. The van der Waals surface area contributed by atoms with Gasteiger partial charge in [0, 0.05) is 19.4 Å². The van der Waals surface area contributed by atoms with Crippen molar-refractivity contribution in [3.8, 4) is 5.75 Å². The van der Waals surface area contributed by atoms with Gasteiger partial charge in [-0.1, -0.05) is 67.6 Å². The SMILES string of the molecule is CCc1cc(O)cc(C)c1CC(N)C(=O)N1CCC[C@H]1C(=O)N[C@@H](Cc1ccccc1)C(=O)N[C@@H](Cc1ccccc1)C(N)=O. The van der Waals surface area contributed by atoms with Crippen LogP contribution in [0.2, 0.25) is 0 Å². The van der Waals surface area contributed by atoms with Gasteiger partial charge in [0.25, 0.3) is 0 Å². The van der Waals surface area contributed by atoms with Crippen molar-refractivity contribution in [1.82, 2.24) is 15.5 Å². The van der Waals surface area contributed by atoms with E-state index in [1.165, 1.54) is 4.90 Å². The second-order valence-electron chi connectivity index (χ2n) is 11.7. The number of carbonyl (C=O) groups is 4. The first kappa shape index (κ1) is 33.2. The number of benzene rings is 3. The van der Waals surface area contributed by atoms with Gasteiger partial charge in [-0.2, -0.15) is 0 Å². The first-order valence-corrected chi connectivity index (χ1v) is 15.4. The number of aryl methyl sites for hydroxylation is 2. The maximum atomic E-state index is 13.7. The summed E-state index contributed by atoms with van der Waals surface area (Å²) in [6.45, 7) is 4.22. The molecule has 0 radical (unpaired) electrons. The quantitative estimate of drug-likeness (QED) is 0.198. The predicted octanol–water partition coefficient (Wildman–Crippen LogP) is 2.06. The first-order valence-electron chi connectivity index (χ1n) is 15.4. The van der Waals surface area contributed by atoms with Gasteiger partial charge in [0.05, 0.1) is 6.04 Å². The summed E-state index contributed by atoms with van der Waals surface area (Å²) in [5.74, 6) is -1.87. The van der Waals surface area contributed by atoms with Crippen molar-refractivity contribution in [2.45, 2.75) is 76.5 Å². The van der Waals surface area contributed by atoms with Gasteiger partial charge >= 0.3 is 0 Å². The molecular weight excluding hydrogens is 570 g/mol. The number of carbonyl (C=O) groups excluding carboxylic acids is 4. The summed E-state index contributed by atoms with van der Waals surface area (Å²) in [5.41, 5.74) is 16.4. The van der Waals surface area contributed by atoms with E-state index in [1.54, 1.807) is 12.1 Å². The summed E-state index contributed by atoms with van der Waals surface area (Å²) in [6, 6.07) is 18.1. The van der Waals surface area contributed by atoms with E-state index in [-0.39, 0.29) is 30.9 Å². The van der Waals surface area contributed by atoms with E-state index in [1.807, 2.05) is 74.5 Å². The topological polar surface area (TPSA) is 168 Å². The highest BCUT2D eigenvalue weighted by atomic mass is 16.3. The third-order valence-electron chi connectivity index (χ3n) is 8.37. The standard InChI is InChI=1S/C35H43N5O5/c1-3-25-20-26(41)17-22(2)27(25)21-28(36)35(45)40-16-10-15-31(40)34(44)39-30(19-24-13-8-5-9-14-24)33(43)38-29(32(37)42)18-23-11-6-4-7-12-23/h4-9,11-14,17,20,28-31,41H,3,10,15-16,18-19,21,36H2,1-2H3,(H2,37,42)(H,38,43)(H,39,44)/t28?,29-,30-,31-/m0/s1. The summed E-state index contributed by atoms with van der Waals surface area (Å²) in [4.78, 5) is 54.7. The molecule has 1 fully saturated rings. The Bertz CT molecular complexity index is 1500. The van der Waals surface area contributed by atoms with E-state index in [0.29, 0.717) is 25.8 Å². The van der Waals surface area contributed by atoms with Crippen LogP contribution in [0, 0.1) is 6.92 Å². The van der Waals surface area contributed by atoms with Crippen molar-refractivity contribution in [2.75, 3.05) is 6.54 Å². The van der Waals surface area contributed by atoms with E-state index in [9.17, 15) is 24.3 Å². The van der Waals surface area contributed by atoms with Crippen molar-refractivity contribution < 1.29 is 24.3 Å². The number of aromatic hydroxyl groups is 1. The number of primary amides is 1. The van der Waals surface area contributed by atoms with Gasteiger partial charge in [0.1, 0.15) is 23.9 Å². The van der Waals surface area contributed by atoms with Gasteiger partial charge in [-0.15, -0.1) is 0 Å². The Kier molecular flexibility index (Phi) is 11.3. The second-order valence-corrected chi connectivity index (χ2v) is 11.7. The number of phenols is 1. The molecule has 10 nitrogen and oxygen atoms in total. The van der Waals surface area contributed by atoms with Crippen LogP contribution in [-0.4, -0.2) is 64.3 Å². The van der Waals surface area contributed by atoms with Gasteiger partial charge in [-0.05, 0) is 72.6 Å². The van der Waals surface area contributed by atoms with Gasteiger partial charge in [0.15, 0.2) is 0 Å². The fraction of sp³-hybridized carbons (Fsp3) is 0.371. The Balaban J connectivity index is 1.49. The van der Waals surface area contributed by atoms with Gasteiger partial charge in [-0.25, -0.2) is 0 Å². The van der Waals surface area contributed by atoms with Gasteiger partial charge < -0.3 is 32.1 Å². The third kappa shape index (κ3) is 8.69. The molecule has 0 aromatic heterocycles. The van der Waals surface area contributed by atoms with Crippen LogP contribution >= 0.6 is 0 Å². The summed E-state index contributed by atoms with van der Waals surface area (Å²) in [7, 11) is 0. The number of hydrogen-bond donors (Lipinski definition) is 5. The molecule has 3 aromatic carbocycles. The molecule has 1 aliphatic rings. The lowest BCUT2D eigenvalue weighted by Gasteiger charge is -2.29. The molecule has 10 heteroatoms. The maximum Gasteiger partial charge on any atom is 0.243 e. The smallest absolute Gasteiger partial charge is 0.243 e. The number of hydrogen-bond acceptors (Lipinski definition) is 6. The number of nitrogens with zero attached hydrogens (tertiary/aromatic N) is 1. The van der Waals surface area contributed by atoms with Crippen molar-refractivity contribution in [3.05, 3.63) is 101 Å². The van der Waals surface area contributed by atoms with Crippen LogP contribution in [0.25, 0.3) is 0 Å². The summed E-state index contributed by atoms with van der Waals surface area (Å²) in [5, 5.41) is 15.6. The molecule has 1 aliphatic heterocycles. The number of likely N-dealkylation sites (tertiary alicyclic amines) is 1. The normalized spacial score (nSPS) is 16.4. The summed E-state index contributed by atoms with van der Waals surface area (Å²) < 4.78 is 0. The van der Waals surface area contributed by atoms with Crippen molar-refractivity contribution in [3.63, 3.8) is 0 Å². The van der Waals surface area contributed by atoms with E-state index in [4.69, 9.17) is 11.5 Å². The first-order chi connectivity index (χ1) is 21.6. The molecule has 3 aromatic rings. The zero-order chi connectivity index (χ0) is 32.5. The summed E-state index contributed by atoms with van der Waals surface area (Å²) in [6.07, 6.45) is 2.37. The number of nitrogens with one attached hydrogen (secondary N) is 2. The molecule has 1 saturated heterocycles. The van der Waals surface area contributed by atoms with E-state index in [2.05, 4.69) is 10.6 Å². The Morgan fingerprint density at radius 3 is 2.09 bits per heavy atom. The van der Waals surface area contributed by atoms with E-state index >= 15 is 0 Å². The second kappa shape index (κ2) is 15.3. The number of rotatable bonds is 13. The molecular formula is C35H43N5O5. The molecule has 0 bridgehead atoms. The Labute approximate surface area is 264 Å². The molecule has 1 unspecified atom stereocenters. The molecule has 4 amide bonds. The van der Waals surface area contributed by atoms with Crippen LogP contribution < -0.4 is 22.1 Å². The average molecular weight is 614 g/mol. The molecule has 238 valence electrons. The molecule has 4 atom stereocenters. The highest BCUT2D eigenvalue weighted by Gasteiger charge is 2.38. The van der Waals surface area contributed by atoms with Gasteiger partial charge in [-0.3, -0.25) is 19.2 Å². The number of amides is 4. The lowest BCUT2D eigenvalue weighted by Crippen LogP contribution is -2.58. The molecule has 0 saturated carbocycles. The molecule has 1 heterocycles. The van der Waals surface area contributed by atoms with Crippen LogP contribution in [0.1, 0.15) is 47.6 Å². The molecule has 0 spiro atoms. The Morgan fingerprint density at radius 2 is 1.51 bits per heavy atom. The minimum Gasteiger partial charge on any atom is -0.508 e. The Hall–Kier alpha value is -4.70. The Morgan fingerprint density at radius 1 is 0.911 bits per heavy atom. The minimum absolute atomic E-state index is 0.167. The summed E-state index contributed by atoms with van der Waals surface area (Å²) >= 11 is 0. The van der Waals surface area contributed by atoms with Crippen LogP contribution in [0.15, 0.2) is 72.8 Å². The van der Waals surface area contributed by atoms with Crippen LogP contribution in [-0.2, 0) is 44.9 Å². The molecule has 4 rings (SSSR count). The fourth-order valence-corrected chi connectivity index (χ4v) is 5.97. The highest BCUT2D eigenvalue weighted by molar-refractivity contribution is 5.95. The zero-order valence-electron chi connectivity index (χ0n) is 25.9. The van der Waals surface area contributed by atoms with E-state index < -0.39 is 41.9 Å². The average Bonchev–Trinajstić information content (AvgIpc) is 3.52. The maximum absolute atomic E-state index is 13.7. The predicted molar refractivity (Wildman–Crippen MR) is 172 cm³/mol. The monoisotopic (exact) mass is 613 g/mol. The minimum atomic E-state index is -1.02. The highest BCUT2D eigenvalue weighted by Crippen LogP contribution is 2.25. The molecule has 45 heavy (non-hydrogen) atoms. The van der Waals surface area contributed by atoms with Crippen LogP contribution in [0.4, 0.5) is 0 Å². The zero-order valence-corrected chi connectivity index (χ0v) is 25.9. The van der Waals surface area contributed by atoms with Crippen molar-refractivity contribution in [2.24, 2.45) is 11.5 Å². The molecule has 7 N–H and O–H groups in total. The van der Waals surface area contributed by atoms with Crippen molar-refractivity contribution in [1.29, 1.82) is 0 Å². The fourth-order valence-electron chi connectivity index (χ4n) is 5.97. The lowest BCUT2D eigenvalue weighted by molar-refractivity contribution is -0.140. The van der Waals surface area contributed by atoms with Crippen LogP contribution in [0.5, 0.6) is 5.75 Å². The van der Waals surface area contributed by atoms with E-state index in [0.717, 1.165) is 27.8 Å². The van der Waals surface area contributed by atoms with Gasteiger partial charge in [0.2, 0.25) is 23.6 Å². The third-order valence-corrected chi connectivity index (χ3v) is 8.37. The number of phenolic OH excluding ortho intramolecular Hbond substituents is 1.